The number of hydrogen-bond acceptors (Lipinski definition) is 8. The maximum atomic E-state index is 12.8. The van der Waals surface area contributed by atoms with E-state index in [0.29, 0.717) is 33.6 Å². The summed E-state index contributed by atoms with van der Waals surface area (Å²) in [5.74, 6) is 0.0773. The van der Waals surface area contributed by atoms with Crippen molar-refractivity contribution < 1.29 is 28.2 Å². The number of carbonyl (C=O) groups is 2. The molecule has 0 aliphatic heterocycles. The lowest BCUT2D eigenvalue weighted by Crippen LogP contribution is -2.13. The molecular weight excluding hydrogens is 440 g/mol. The molecule has 0 aliphatic carbocycles. The molecule has 4 aromatic rings. The Morgan fingerprint density at radius 3 is 2.65 bits per heavy atom. The van der Waals surface area contributed by atoms with Gasteiger partial charge in [-0.15, -0.1) is 0 Å². The van der Waals surface area contributed by atoms with E-state index in [0.717, 1.165) is 10.9 Å². The number of rotatable bonds is 6. The zero-order valence-corrected chi connectivity index (χ0v) is 18.8. The van der Waals surface area contributed by atoms with Gasteiger partial charge < -0.3 is 18.6 Å². The van der Waals surface area contributed by atoms with Crippen molar-refractivity contribution in [3.8, 4) is 5.75 Å². The number of carbonyl (C=O) groups excluding carboxylic acids is 2. The van der Waals surface area contributed by atoms with Crippen molar-refractivity contribution in [1.82, 2.24) is 4.98 Å². The first-order valence-electron chi connectivity index (χ1n) is 10.5. The van der Waals surface area contributed by atoms with Crippen molar-refractivity contribution in [3.63, 3.8) is 0 Å². The number of aromatic nitrogens is 1. The first kappa shape index (κ1) is 22.8. The first-order valence-corrected chi connectivity index (χ1v) is 10.5. The number of fused-ring (bicyclic) bond motifs is 2. The zero-order valence-electron chi connectivity index (χ0n) is 18.8. The number of esters is 1. The van der Waals surface area contributed by atoms with Gasteiger partial charge in [0.2, 0.25) is 0 Å². The van der Waals surface area contributed by atoms with Crippen LogP contribution in [0.15, 0.2) is 57.7 Å². The highest BCUT2D eigenvalue weighted by molar-refractivity contribution is 5.95. The number of anilines is 1. The minimum atomic E-state index is -0.619. The van der Waals surface area contributed by atoms with Crippen molar-refractivity contribution in [2.45, 2.75) is 20.5 Å². The highest BCUT2D eigenvalue weighted by Crippen LogP contribution is 2.24. The fourth-order valence-corrected chi connectivity index (χ4v) is 3.52. The fraction of sp³-hybridized carbons (Fsp3) is 0.200. The van der Waals surface area contributed by atoms with Crippen LogP contribution in [0, 0.1) is 6.92 Å². The van der Waals surface area contributed by atoms with Crippen molar-refractivity contribution in [1.29, 1.82) is 0 Å². The maximum absolute atomic E-state index is 12.8. The van der Waals surface area contributed by atoms with E-state index in [1.54, 1.807) is 51.3 Å². The first-order chi connectivity index (χ1) is 16.4. The molecule has 34 heavy (non-hydrogen) atoms. The van der Waals surface area contributed by atoms with Crippen LogP contribution in [0.25, 0.3) is 21.9 Å². The van der Waals surface area contributed by atoms with Gasteiger partial charge in [-0.2, -0.15) is 0 Å². The van der Waals surface area contributed by atoms with Crippen LogP contribution in [-0.4, -0.2) is 30.8 Å². The number of ether oxygens (including phenoxy) is 3. The van der Waals surface area contributed by atoms with E-state index in [2.05, 4.69) is 10.3 Å². The lowest BCUT2D eigenvalue weighted by atomic mass is 10.1. The van der Waals surface area contributed by atoms with E-state index in [1.807, 2.05) is 6.07 Å². The van der Waals surface area contributed by atoms with Gasteiger partial charge in [0.25, 0.3) is 0 Å². The summed E-state index contributed by atoms with van der Waals surface area (Å²) in [6.45, 7) is 3.49. The average Bonchev–Trinajstić information content (AvgIpc) is 2.81. The van der Waals surface area contributed by atoms with Crippen molar-refractivity contribution in [2.24, 2.45) is 0 Å². The Morgan fingerprint density at radius 2 is 1.88 bits per heavy atom. The number of pyridine rings is 1. The maximum Gasteiger partial charge on any atom is 0.411 e. The Labute approximate surface area is 194 Å². The highest BCUT2D eigenvalue weighted by Gasteiger charge is 2.16. The Hall–Kier alpha value is -4.40. The minimum Gasteiger partial charge on any atom is -0.497 e. The summed E-state index contributed by atoms with van der Waals surface area (Å²) >= 11 is 0. The topological polar surface area (TPSA) is 117 Å². The molecular formula is C25H22N2O7. The Morgan fingerprint density at radius 1 is 1.06 bits per heavy atom. The van der Waals surface area contributed by atoms with Gasteiger partial charge in [0, 0.05) is 34.2 Å². The summed E-state index contributed by atoms with van der Waals surface area (Å²) in [6, 6.07) is 13.2. The molecule has 174 valence electrons. The van der Waals surface area contributed by atoms with Crippen LogP contribution in [-0.2, 0) is 16.1 Å². The van der Waals surface area contributed by atoms with Gasteiger partial charge in [-0.05, 0) is 50.2 Å². The predicted molar refractivity (Wildman–Crippen MR) is 125 cm³/mol. The van der Waals surface area contributed by atoms with Gasteiger partial charge in [0.15, 0.2) is 0 Å². The third-order valence-corrected chi connectivity index (χ3v) is 5.14. The zero-order chi connectivity index (χ0) is 24.2. The lowest BCUT2D eigenvalue weighted by molar-refractivity contribution is 0.0472. The summed E-state index contributed by atoms with van der Waals surface area (Å²) < 4.78 is 20.9. The number of aryl methyl sites for hydroxylation is 1. The van der Waals surface area contributed by atoms with Gasteiger partial charge >= 0.3 is 17.7 Å². The average molecular weight is 462 g/mol. The molecule has 0 bridgehead atoms. The standard InChI is InChI=1S/C25H22N2O7/c1-4-32-25(30)27-17-5-7-19-16(11-23(28)34-22(19)12-17)13-33-24(29)20-10-15-9-18(31-3)6-8-21(15)26-14(20)2/h5-12H,4,13H2,1-3H3,(H,27,30). The third kappa shape index (κ3) is 4.83. The second-order valence-corrected chi connectivity index (χ2v) is 7.40. The molecule has 0 atom stereocenters. The Kier molecular flexibility index (Phi) is 6.44. The van der Waals surface area contributed by atoms with Crippen LogP contribution in [0.4, 0.5) is 10.5 Å². The molecule has 0 spiro atoms. The van der Waals surface area contributed by atoms with Gasteiger partial charge in [-0.25, -0.2) is 14.4 Å². The fourth-order valence-electron chi connectivity index (χ4n) is 3.52. The molecule has 0 saturated carbocycles. The predicted octanol–water partition coefficient (Wildman–Crippen LogP) is 4.58. The molecule has 1 N–H and O–H groups in total. The molecule has 0 unspecified atom stereocenters. The highest BCUT2D eigenvalue weighted by atomic mass is 16.5. The van der Waals surface area contributed by atoms with E-state index in [9.17, 15) is 14.4 Å². The van der Waals surface area contributed by atoms with Crippen molar-refractivity contribution in [3.05, 3.63) is 75.8 Å². The van der Waals surface area contributed by atoms with Gasteiger partial charge in [0.1, 0.15) is 17.9 Å². The molecule has 9 nitrogen and oxygen atoms in total. The summed E-state index contributed by atoms with van der Waals surface area (Å²) in [6.07, 6.45) is -0.619. The summed E-state index contributed by atoms with van der Waals surface area (Å²) in [5.41, 5.74) is 2.07. The second kappa shape index (κ2) is 9.62. The van der Waals surface area contributed by atoms with Crippen LogP contribution in [0.1, 0.15) is 28.5 Å². The van der Waals surface area contributed by atoms with Crippen LogP contribution < -0.4 is 15.7 Å². The number of methoxy groups -OCH3 is 1. The molecule has 0 radical (unpaired) electrons. The van der Waals surface area contributed by atoms with E-state index in [-0.39, 0.29) is 18.8 Å². The van der Waals surface area contributed by atoms with Gasteiger partial charge in [0.05, 0.1) is 30.5 Å². The molecule has 2 heterocycles. The number of hydrogen-bond donors (Lipinski definition) is 1. The van der Waals surface area contributed by atoms with Crippen LogP contribution in [0.5, 0.6) is 5.75 Å². The molecule has 2 aromatic carbocycles. The van der Waals surface area contributed by atoms with E-state index in [1.165, 1.54) is 12.1 Å². The number of amides is 1. The second-order valence-electron chi connectivity index (χ2n) is 7.40. The quantitative estimate of drug-likeness (QED) is 0.327. The molecule has 0 fully saturated rings. The molecule has 0 aliphatic rings. The van der Waals surface area contributed by atoms with E-state index < -0.39 is 17.7 Å². The number of benzene rings is 2. The van der Waals surface area contributed by atoms with Crippen LogP contribution in [0.2, 0.25) is 0 Å². The van der Waals surface area contributed by atoms with Crippen LogP contribution >= 0.6 is 0 Å². The van der Waals surface area contributed by atoms with Gasteiger partial charge in [-0.1, -0.05) is 0 Å². The molecule has 1 amide bonds. The van der Waals surface area contributed by atoms with E-state index >= 15 is 0 Å². The van der Waals surface area contributed by atoms with Crippen molar-refractivity contribution in [2.75, 3.05) is 19.0 Å². The molecule has 4 rings (SSSR count). The third-order valence-electron chi connectivity index (χ3n) is 5.14. The lowest BCUT2D eigenvalue weighted by Gasteiger charge is -2.11. The minimum absolute atomic E-state index is 0.152. The molecule has 2 aromatic heterocycles. The summed E-state index contributed by atoms with van der Waals surface area (Å²) in [4.78, 5) is 41.0. The SMILES string of the molecule is CCOC(=O)Nc1ccc2c(COC(=O)c3cc4cc(OC)ccc4nc3C)cc(=O)oc2c1. The largest absolute Gasteiger partial charge is 0.497 e. The summed E-state index contributed by atoms with van der Waals surface area (Å²) in [5, 5.41) is 3.86. The molecule has 9 heteroatoms. The monoisotopic (exact) mass is 462 g/mol. The van der Waals surface area contributed by atoms with Gasteiger partial charge in [-0.3, -0.25) is 10.3 Å². The smallest absolute Gasteiger partial charge is 0.411 e. The number of nitrogens with one attached hydrogen (secondary N) is 1. The number of nitrogens with zero attached hydrogens (tertiary/aromatic N) is 1. The Bertz CT molecular complexity index is 1460. The Balaban J connectivity index is 1.58. The summed E-state index contributed by atoms with van der Waals surface area (Å²) in [7, 11) is 1.56. The molecule has 0 saturated heterocycles. The van der Waals surface area contributed by atoms with E-state index in [4.69, 9.17) is 18.6 Å². The normalized spacial score (nSPS) is 10.8. The van der Waals surface area contributed by atoms with Crippen molar-refractivity contribution >= 4 is 39.6 Å². The van der Waals surface area contributed by atoms with Crippen LogP contribution in [0.3, 0.4) is 0 Å².